The van der Waals surface area contributed by atoms with Gasteiger partial charge in [0, 0.05) is 6.04 Å². The number of aliphatic hydroxyl groups excluding tert-OH is 1. The van der Waals surface area contributed by atoms with E-state index in [-0.39, 0.29) is 12.1 Å². The first kappa shape index (κ1) is 22.9. The van der Waals surface area contributed by atoms with E-state index in [2.05, 4.69) is 20.8 Å². The average molecular weight is 328 g/mol. The van der Waals surface area contributed by atoms with Crippen molar-refractivity contribution in [3.05, 3.63) is 0 Å². The number of nitrogens with two attached hydrogens (primary N) is 1. The van der Waals surface area contributed by atoms with Gasteiger partial charge in [0.2, 0.25) is 0 Å². The van der Waals surface area contributed by atoms with Crippen molar-refractivity contribution in [2.45, 2.75) is 129 Å². The van der Waals surface area contributed by atoms with E-state index in [1.165, 1.54) is 77.0 Å². The Morgan fingerprint density at radius 2 is 1.09 bits per heavy atom. The predicted octanol–water partition coefficient (Wildman–Crippen LogP) is 6.20. The molecule has 2 nitrogen and oxygen atoms in total. The van der Waals surface area contributed by atoms with Crippen LogP contribution >= 0.6 is 0 Å². The number of hydrogen-bond donors (Lipinski definition) is 2. The second kappa shape index (κ2) is 16.8. The van der Waals surface area contributed by atoms with Crippen molar-refractivity contribution < 1.29 is 5.11 Å². The minimum absolute atomic E-state index is 0.0441. The Kier molecular flexibility index (Phi) is 16.7. The predicted molar refractivity (Wildman–Crippen MR) is 104 cm³/mol. The highest BCUT2D eigenvalue weighted by molar-refractivity contribution is 4.76. The Labute approximate surface area is 146 Å². The highest BCUT2D eigenvalue weighted by atomic mass is 16.3. The lowest BCUT2D eigenvalue weighted by atomic mass is 9.92. The Balaban J connectivity index is 3.24. The van der Waals surface area contributed by atoms with Crippen LogP contribution in [0.4, 0.5) is 0 Å². The van der Waals surface area contributed by atoms with Gasteiger partial charge >= 0.3 is 0 Å². The molecule has 0 spiro atoms. The van der Waals surface area contributed by atoms with E-state index in [0.717, 1.165) is 19.3 Å². The fourth-order valence-electron chi connectivity index (χ4n) is 3.22. The second-order valence-corrected chi connectivity index (χ2v) is 7.56. The van der Waals surface area contributed by atoms with E-state index in [9.17, 15) is 5.11 Å². The van der Waals surface area contributed by atoms with Gasteiger partial charge in [-0.15, -0.1) is 0 Å². The number of aliphatic hydroxyl groups is 1. The fourth-order valence-corrected chi connectivity index (χ4v) is 3.22. The van der Waals surface area contributed by atoms with Gasteiger partial charge in [0.05, 0.1) is 6.10 Å². The van der Waals surface area contributed by atoms with Gasteiger partial charge < -0.3 is 10.8 Å². The molecule has 0 heterocycles. The van der Waals surface area contributed by atoms with Gasteiger partial charge in [-0.3, -0.25) is 0 Å². The molecule has 0 amide bonds. The van der Waals surface area contributed by atoms with Crippen LogP contribution in [0.1, 0.15) is 117 Å². The van der Waals surface area contributed by atoms with Crippen molar-refractivity contribution in [1.29, 1.82) is 0 Å². The molecule has 0 aromatic heterocycles. The Morgan fingerprint density at radius 1 is 0.696 bits per heavy atom. The van der Waals surface area contributed by atoms with Crippen LogP contribution in [0, 0.1) is 5.92 Å². The molecule has 0 unspecified atom stereocenters. The molecule has 0 saturated heterocycles. The van der Waals surface area contributed by atoms with Crippen molar-refractivity contribution in [3.8, 4) is 0 Å². The maximum Gasteiger partial charge on any atom is 0.0693 e. The lowest BCUT2D eigenvalue weighted by molar-refractivity contribution is 0.108. The summed E-state index contributed by atoms with van der Waals surface area (Å²) in [6.07, 6.45) is 19.4. The summed E-state index contributed by atoms with van der Waals surface area (Å²) in [5.41, 5.74) is 6.07. The quantitative estimate of drug-likeness (QED) is 0.312. The fraction of sp³-hybridized carbons (Fsp3) is 1.00. The third-order valence-corrected chi connectivity index (χ3v) is 5.35. The molecule has 0 aromatic carbocycles. The summed E-state index contributed by atoms with van der Waals surface area (Å²) in [5.74, 6) is 0.423. The third kappa shape index (κ3) is 14.0. The van der Waals surface area contributed by atoms with Gasteiger partial charge in [0.1, 0.15) is 0 Å². The topological polar surface area (TPSA) is 46.2 Å². The van der Waals surface area contributed by atoms with E-state index in [1.54, 1.807) is 0 Å². The molecule has 0 aliphatic rings. The molecule has 0 aliphatic heterocycles. The standard InChI is InChI=1S/C21H45NO/c1-4-6-7-8-9-10-11-12-13-14-15-16-17-18-20(23)21(22)19(3)5-2/h19-21,23H,4-18,22H2,1-3H3/t19-,20+,21-/m0/s1. The van der Waals surface area contributed by atoms with E-state index >= 15 is 0 Å². The van der Waals surface area contributed by atoms with E-state index in [4.69, 9.17) is 5.73 Å². The van der Waals surface area contributed by atoms with Crippen LogP contribution in [0.5, 0.6) is 0 Å². The molecule has 140 valence electrons. The first-order valence-electron chi connectivity index (χ1n) is 10.6. The molecule has 0 aliphatic carbocycles. The number of rotatable bonds is 17. The highest BCUT2D eigenvalue weighted by Crippen LogP contribution is 2.16. The average Bonchev–Trinajstić information content (AvgIpc) is 2.57. The first-order valence-corrected chi connectivity index (χ1v) is 10.6. The maximum atomic E-state index is 10.1. The van der Waals surface area contributed by atoms with Crippen LogP contribution in [0.25, 0.3) is 0 Å². The lowest BCUT2D eigenvalue weighted by Gasteiger charge is -2.24. The van der Waals surface area contributed by atoms with Crippen molar-refractivity contribution >= 4 is 0 Å². The lowest BCUT2D eigenvalue weighted by Crippen LogP contribution is -2.39. The summed E-state index contributed by atoms with van der Waals surface area (Å²) < 4.78 is 0. The zero-order valence-corrected chi connectivity index (χ0v) is 16.4. The van der Waals surface area contributed by atoms with Crippen LogP contribution in [0.2, 0.25) is 0 Å². The summed E-state index contributed by atoms with van der Waals surface area (Å²) in [6.45, 7) is 6.56. The van der Waals surface area contributed by atoms with Gasteiger partial charge in [-0.2, -0.15) is 0 Å². The summed E-state index contributed by atoms with van der Waals surface area (Å²) in [6, 6.07) is -0.0441. The Morgan fingerprint density at radius 3 is 1.48 bits per heavy atom. The zero-order chi connectivity index (χ0) is 17.3. The summed E-state index contributed by atoms with van der Waals surface area (Å²) in [7, 11) is 0. The van der Waals surface area contributed by atoms with E-state index < -0.39 is 0 Å². The van der Waals surface area contributed by atoms with Crippen molar-refractivity contribution in [1.82, 2.24) is 0 Å². The largest absolute Gasteiger partial charge is 0.392 e. The van der Waals surface area contributed by atoms with Gasteiger partial charge in [-0.05, 0) is 12.3 Å². The SMILES string of the molecule is CCCCCCCCCCCCCCC[C@@H](O)[C@@H](N)[C@@H](C)CC. The maximum absolute atomic E-state index is 10.1. The van der Waals surface area contributed by atoms with Crippen molar-refractivity contribution in [2.75, 3.05) is 0 Å². The highest BCUT2D eigenvalue weighted by Gasteiger charge is 2.19. The molecule has 3 atom stereocenters. The van der Waals surface area contributed by atoms with Gasteiger partial charge in [0.15, 0.2) is 0 Å². The van der Waals surface area contributed by atoms with Gasteiger partial charge in [-0.1, -0.05) is 111 Å². The van der Waals surface area contributed by atoms with Crippen molar-refractivity contribution in [2.24, 2.45) is 11.7 Å². The molecular formula is C21H45NO. The van der Waals surface area contributed by atoms with E-state index in [0.29, 0.717) is 5.92 Å². The molecule has 0 radical (unpaired) electrons. The van der Waals surface area contributed by atoms with Gasteiger partial charge in [0.25, 0.3) is 0 Å². The molecule has 0 aromatic rings. The summed E-state index contributed by atoms with van der Waals surface area (Å²) >= 11 is 0. The summed E-state index contributed by atoms with van der Waals surface area (Å²) in [5, 5.41) is 10.1. The minimum atomic E-state index is -0.308. The molecular weight excluding hydrogens is 282 g/mol. The molecule has 3 N–H and O–H groups in total. The van der Waals surface area contributed by atoms with Crippen LogP contribution in [0.15, 0.2) is 0 Å². The van der Waals surface area contributed by atoms with Crippen molar-refractivity contribution in [3.63, 3.8) is 0 Å². The Bertz CT molecular complexity index is 232. The van der Waals surface area contributed by atoms with E-state index in [1.807, 2.05) is 0 Å². The normalized spacial score (nSPS) is 15.5. The molecule has 0 rings (SSSR count). The molecule has 23 heavy (non-hydrogen) atoms. The van der Waals surface area contributed by atoms with Crippen LogP contribution < -0.4 is 5.73 Å². The molecule has 0 saturated carbocycles. The summed E-state index contributed by atoms with van der Waals surface area (Å²) in [4.78, 5) is 0. The molecule has 0 fully saturated rings. The van der Waals surface area contributed by atoms with Crippen LogP contribution in [-0.4, -0.2) is 17.3 Å². The first-order chi connectivity index (χ1) is 11.1. The zero-order valence-electron chi connectivity index (χ0n) is 16.4. The van der Waals surface area contributed by atoms with Crippen LogP contribution in [-0.2, 0) is 0 Å². The minimum Gasteiger partial charge on any atom is -0.392 e. The van der Waals surface area contributed by atoms with Gasteiger partial charge in [-0.25, -0.2) is 0 Å². The third-order valence-electron chi connectivity index (χ3n) is 5.35. The molecule has 0 bridgehead atoms. The monoisotopic (exact) mass is 327 g/mol. The smallest absolute Gasteiger partial charge is 0.0693 e. The second-order valence-electron chi connectivity index (χ2n) is 7.56. The number of unbranched alkanes of at least 4 members (excludes halogenated alkanes) is 12. The van der Waals surface area contributed by atoms with Crippen LogP contribution in [0.3, 0.4) is 0 Å². The molecule has 2 heteroatoms. The number of hydrogen-bond acceptors (Lipinski definition) is 2. The Hall–Kier alpha value is -0.0800.